The average Bonchev–Trinajstić information content (AvgIpc) is 2.37. The third-order valence-electron chi connectivity index (χ3n) is 2.90. The second kappa shape index (κ2) is 7.83. The summed E-state index contributed by atoms with van der Waals surface area (Å²) in [5.74, 6) is 0.343. The fourth-order valence-corrected chi connectivity index (χ4v) is 1.91. The van der Waals surface area contributed by atoms with Crippen molar-refractivity contribution < 1.29 is 14.6 Å². The maximum absolute atomic E-state index is 11.5. The van der Waals surface area contributed by atoms with Gasteiger partial charge < -0.3 is 25.8 Å². The maximum atomic E-state index is 11.5. The highest BCUT2D eigenvalue weighted by Gasteiger charge is 2.23. The Morgan fingerprint density at radius 3 is 2.74 bits per heavy atom. The number of nitrogens with two attached hydrogens (primary N) is 1. The molecule has 0 bridgehead atoms. The molecule has 0 spiro atoms. The number of carbonyl (C=O) groups excluding carboxylic acids is 1. The van der Waals surface area contributed by atoms with Gasteiger partial charge in [-0.2, -0.15) is 0 Å². The summed E-state index contributed by atoms with van der Waals surface area (Å²) in [6.07, 6.45) is 0.871. The number of aliphatic imine (C=N–C) groups is 1. The van der Waals surface area contributed by atoms with Crippen LogP contribution in [0.5, 0.6) is 0 Å². The van der Waals surface area contributed by atoms with E-state index in [0.29, 0.717) is 32.2 Å². The van der Waals surface area contributed by atoms with E-state index >= 15 is 0 Å². The summed E-state index contributed by atoms with van der Waals surface area (Å²) in [6.45, 7) is 5.46. The van der Waals surface area contributed by atoms with Crippen LogP contribution >= 0.6 is 0 Å². The van der Waals surface area contributed by atoms with Gasteiger partial charge >= 0.3 is 6.09 Å². The lowest BCUT2D eigenvalue weighted by Gasteiger charge is -2.31. The molecule has 0 aliphatic carbocycles. The second-order valence-electron chi connectivity index (χ2n) is 4.68. The molecule has 1 aliphatic rings. The van der Waals surface area contributed by atoms with Crippen LogP contribution in [0.4, 0.5) is 4.79 Å². The molecule has 1 aliphatic heterocycles. The van der Waals surface area contributed by atoms with Crippen molar-refractivity contribution in [2.45, 2.75) is 38.8 Å². The molecule has 1 rings (SSSR count). The Labute approximate surface area is 113 Å². The average molecular weight is 272 g/mol. The van der Waals surface area contributed by atoms with Gasteiger partial charge in [-0.3, -0.25) is 4.99 Å². The van der Waals surface area contributed by atoms with Crippen LogP contribution in [0.1, 0.15) is 26.7 Å². The Morgan fingerprint density at radius 2 is 2.21 bits per heavy atom. The minimum atomic E-state index is -0.494. The van der Waals surface area contributed by atoms with Crippen molar-refractivity contribution in [2.24, 2.45) is 10.7 Å². The van der Waals surface area contributed by atoms with Gasteiger partial charge in [0.25, 0.3) is 0 Å². The van der Waals surface area contributed by atoms with E-state index in [4.69, 9.17) is 15.6 Å². The zero-order chi connectivity index (χ0) is 14.3. The highest BCUT2D eigenvalue weighted by atomic mass is 16.6. The zero-order valence-electron chi connectivity index (χ0n) is 11.6. The molecule has 1 amide bonds. The third-order valence-corrected chi connectivity index (χ3v) is 2.90. The molecule has 7 heteroatoms. The normalized spacial score (nSPS) is 19.1. The van der Waals surface area contributed by atoms with Crippen LogP contribution in [0.25, 0.3) is 0 Å². The monoisotopic (exact) mass is 272 g/mol. The first-order chi connectivity index (χ1) is 9.02. The molecule has 1 saturated heterocycles. The number of amides is 1. The van der Waals surface area contributed by atoms with Gasteiger partial charge in [-0.25, -0.2) is 4.79 Å². The lowest BCUT2D eigenvalue weighted by Crippen LogP contribution is -2.48. The van der Waals surface area contributed by atoms with E-state index in [-0.39, 0.29) is 12.1 Å². The molecule has 0 radical (unpaired) electrons. The SMILES string of the molecule is CCOC(=O)N1CCC(NC(N)=NCC(C)O)CC1. The highest BCUT2D eigenvalue weighted by Crippen LogP contribution is 2.11. The molecule has 19 heavy (non-hydrogen) atoms. The summed E-state index contributed by atoms with van der Waals surface area (Å²) in [7, 11) is 0. The summed E-state index contributed by atoms with van der Waals surface area (Å²) < 4.78 is 4.95. The number of nitrogens with zero attached hydrogens (tertiary/aromatic N) is 2. The van der Waals surface area contributed by atoms with Crippen molar-refractivity contribution in [3.63, 3.8) is 0 Å². The first-order valence-corrected chi connectivity index (χ1v) is 6.69. The molecule has 1 atom stereocenters. The van der Waals surface area contributed by atoms with Crippen LogP contribution in [0.3, 0.4) is 0 Å². The number of hydrogen-bond donors (Lipinski definition) is 3. The molecule has 0 aromatic heterocycles. The Morgan fingerprint density at radius 1 is 1.58 bits per heavy atom. The van der Waals surface area contributed by atoms with Crippen LogP contribution < -0.4 is 11.1 Å². The number of aliphatic hydroxyl groups excluding tert-OH is 1. The molecule has 7 nitrogen and oxygen atoms in total. The quantitative estimate of drug-likeness (QED) is 0.490. The van der Waals surface area contributed by atoms with E-state index in [0.717, 1.165) is 12.8 Å². The highest BCUT2D eigenvalue weighted by molar-refractivity contribution is 5.78. The van der Waals surface area contributed by atoms with Gasteiger partial charge in [-0.1, -0.05) is 0 Å². The fraction of sp³-hybridized carbons (Fsp3) is 0.833. The topological polar surface area (TPSA) is 100 Å². The molecule has 4 N–H and O–H groups in total. The number of nitrogens with one attached hydrogen (secondary N) is 1. The number of carbonyl (C=O) groups is 1. The first-order valence-electron chi connectivity index (χ1n) is 6.69. The van der Waals surface area contributed by atoms with E-state index < -0.39 is 6.10 Å². The predicted molar refractivity (Wildman–Crippen MR) is 72.9 cm³/mol. The fourth-order valence-electron chi connectivity index (χ4n) is 1.91. The van der Waals surface area contributed by atoms with Crippen molar-refractivity contribution >= 4 is 12.1 Å². The van der Waals surface area contributed by atoms with Crippen LogP contribution in [-0.4, -0.2) is 60.4 Å². The molecule has 0 saturated carbocycles. The van der Waals surface area contributed by atoms with Gasteiger partial charge in [0, 0.05) is 19.1 Å². The van der Waals surface area contributed by atoms with E-state index in [9.17, 15) is 4.79 Å². The molecule has 1 unspecified atom stereocenters. The van der Waals surface area contributed by atoms with Crippen LogP contribution in [0, 0.1) is 0 Å². The Hall–Kier alpha value is -1.50. The number of ether oxygens (including phenoxy) is 1. The molecule has 0 aromatic rings. The number of rotatable bonds is 4. The Balaban J connectivity index is 2.30. The van der Waals surface area contributed by atoms with Crippen LogP contribution in [0.2, 0.25) is 0 Å². The standard InChI is InChI=1S/C12H24N4O3/c1-3-19-12(18)16-6-4-10(5-7-16)15-11(13)14-8-9(2)17/h9-10,17H,3-8H2,1-2H3,(H3,13,14,15). The smallest absolute Gasteiger partial charge is 0.409 e. The van der Waals surface area contributed by atoms with Crippen molar-refractivity contribution in [3.05, 3.63) is 0 Å². The van der Waals surface area contributed by atoms with Gasteiger partial charge in [-0.05, 0) is 26.7 Å². The van der Waals surface area contributed by atoms with Gasteiger partial charge in [0.2, 0.25) is 0 Å². The number of likely N-dealkylation sites (tertiary alicyclic amines) is 1. The summed E-state index contributed by atoms with van der Waals surface area (Å²) in [4.78, 5) is 17.2. The third kappa shape index (κ3) is 5.78. The van der Waals surface area contributed by atoms with Crippen molar-refractivity contribution in [2.75, 3.05) is 26.2 Å². The second-order valence-corrected chi connectivity index (χ2v) is 4.68. The molecule has 1 fully saturated rings. The molecule has 0 aromatic carbocycles. The number of piperidine rings is 1. The summed E-state index contributed by atoms with van der Waals surface area (Å²) in [5.41, 5.74) is 5.72. The Bertz CT molecular complexity index is 312. The summed E-state index contributed by atoms with van der Waals surface area (Å²) >= 11 is 0. The van der Waals surface area contributed by atoms with Crippen molar-refractivity contribution in [1.82, 2.24) is 10.2 Å². The predicted octanol–water partition coefficient (Wildman–Crippen LogP) is -0.108. The van der Waals surface area contributed by atoms with Gasteiger partial charge in [0.15, 0.2) is 5.96 Å². The van der Waals surface area contributed by atoms with Gasteiger partial charge in [0.1, 0.15) is 0 Å². The minimum absolute atomic E-state index is 0.212. The lowest BCUT2D eigenvalue weighted by molar-refractivity contribution is 0.0963. The summed E-state index contributed by atoms with van der Waals surface area (Å²) in [6, 6.07) is 0.212. The maximum Gasteiger partial charge on any atom is 0.409 e. The van der Waals surface area contributed by atoms with E-state index in [2.05, 4.69) is 10.3 Å². The lowest BCUT2D eigenvalue weighted by atomic mass is 10.1. The zero-order valence-corrected chi connectivity index (χ0v) is 11.6. The molecule has 110 valence electrons. The van der Waals surface area contributed by atoms with Crippen molar-refractivity contribution in [3.8, 4) is 0 Å². The molecular formula is C12H24N4O3. The van der Waals surface area contributed by atoms with E-state index in [1.165, 1.54) is 0 Å². The number of aliphatic hydroxyl groups is 1. The Kier molecular flexibility index (Phi) is 6.41. The van der Waals surface area contributed by atoms with Crippen molar-refractivity contribution in [1.29, 1.82) is 0 Å². The first kappa shape index (κ1) is 15.6. The minimum Gasteiger partial charge on any atom is -0.450 e. The number of guanidine groups is 1. The van der Waals surface area contributed by atoms with E-state index in [1.807, 2.05) is 0 Å². The van der Waals surface area contributed by atoms with Crippen LogP contribution in [0.15, 0.2) is 4.99 Å². The van der Waals surface area contributed by atoms with Gasteiger partial charge in [0.05, 0.1) is 19.3 Å². The van der Waals surface area contributed by atoms with Gasteiger partial charge in [-0.15, -0.1) is 0 Å². The largest absolute Gasteiger partial charge is 0.450 e. The summed E-state index contributed by atoms with van der Waals surface area (Å²) in [5, 5.41) is 12.2. The molecule has 1 heterocycles. The number of hydrogen-bond acceptors (Lipinski definition) is 4. The van der Waals surface area contributed by atoms with Crippen LogP contribution in [-0.2, 0) is 4.74 Å². The van der Waals surface area contributed by atoms with E-state index in [1.54, 1.807) is 18.7 Å². The molecular weight excluding hydrogens is 248 g/mol.